The van der Waals surface area contributed by atoms with Gasteiger partial charge in [0.05, 0.1) is 0 Å². The zero-order valence-corrected chi connectivity index (χ0v) is 9.33. The van der Waals surface area contributed by atoms with Crippen LogP contribution in [0.4, 0.5) is 4.39 Å². The van der Waals surface area contributed by atoms with E-state index in [0.717, 1.165) is 16.1 Å². The van der Waals surface area contributed by atoms with Gasteiger partial charge >= 0.3 is 0 Å². The van der Waals surface area contributed by atoms with Crippen molar-refractivity contribution < 1.29 is 9.50 Å². The Bertz CT molecular complexity index is 476. The third-order valence-corrected chi connectivity index (χ3v) is 2.76. The average molecular weight is 267 g/mol. The summed E-state index contributed by atoms with van der Waals surface area (Å²) in [5.74, 6) is -0.512. The van der Waals surface area contributed by atoms with Crippen molar-refractivity contribution in [3.63, 3.8) is 0 Å². The lowest BCUT2D eigenvalue weighted by molar-refractivity contribution is 0.469. The number of aromatic hydroxyl groups is 1. The fourth-order valence-electron chi connectivity index (χ4n) is 1.42. The predicted octanol–water partition coefficient (Wildman–Crippen LogP) is 3.96. The van der Waals surface area contributed by atoms with Crippen molar-refractivity contribution in [1.82, 2.24) is 0 Å². The number of hydrogen-bond donors (Lipinski definition) is 1. The molecule has 0 saturated heterocycles. The van der Waals surface area contributed by atoms with Gasteiger partial charge in [-0.05, 0) is 29.3 Å². The molecule has 2 aromatic rings. The normalized spacial score (nSPS) is 10.3. The molecule has 0 aliphatic rings. The van der Waals surface area contributed by atoms with Crippen LogP contribution in [0.2, 0.25) is 0 Å². The van der Waals surface area contributed by atoms with E-state index in [0.29, 0.717) is 5.56 Å². The van der Waals surface area contributed by atoms with Crippen LogP contribution in [0.1, 0.15) is 0 Å². The molecule has 0 heterocycles. The standard InChI is InChI=1S/C12H8BrFO/c13-12-4-2-1-3-11(12)8-5-9(14)7-10(15)6-8/h1-7,15H. The van der Waals surface area contributed by atoms with E-state index in [2.05, 4.69) is 15.9 Å². The first-order valence-corrected chi connectivity index (χ1v) is 5.20. The molecule has 0 spiro atoms. The van der Waals surface area contributed by atoms with Crippen molar-refractivity contribution in [2.45, 2.75) is 0 Å². The Morgan fingerprint density at radius 2 is 1.80 bits per heavy atom. The minimum Gasteiger partial charge on any atom is -0.508 e. The van der Waals surface area contributed by atoms with Gasteiger partial charge in [0, 0.05) is 10.5 Å². The van der Waals surface area contributed by atoms with Crippen LogP contribution in [0.3, 0.4) is 0 Å². The summed E-state index contributed by atoms with van der Waals surface area (Å²) in [6.45, 7) is 0. The molecule has 1 N–H and O–H groups in total. The molecule has 0 aromatic heterocycles. The van der Waals surface area contributed by atoms with Crippen molar-refractivity contribution in [3.05, 3.63) is 52.8 Å². The molecule has 76 valence electrons. The predicted molar refractivity (Wildman–Crippen MR) is 61.2 cm³/mol. The summed E-state index contributed by atoms with van der Waals surface area (Å²) in [7, 11) is 0. The Morgan fingerprint density at radius 3 is 2.47 bits per heavy atom. The van der Waals surface area contributed by atoms with E-state index in [4.69, 9.17) is 0 Å². The van der Waals surface area contributed by atoms with Crippen LogP contribution in [0.5, 0.6) is 5.75 Å². The van der Waals surface area contributed by atoms with Gasteiger partial charge in [0.15, 0.2) is 0 Å². The molecular formula is C12H8BrFO. The SMILES string of the molecule is Oc1cc(F)cc(-c2ccccc2Br)c1. The quantitative estimate of drug-likeness (QED) is 0.829. The molecule has 3 heteroatoms. The van der Waals surface area contributed by atoms with Gasteiger partial charge in [-0.15, -0.1) is 0 Å². The average Bonchev–Trinajstić information content (AvgIpc) is 2.16. The van der Waals surface area contributed by atoms with Gasteiger partial charge in [-0.3, -0.25) is 0 Å². The fourth-order valence-corrected chi connectivity index (χ4v) is 1.94. The summed E-state index contributed by atoms with van der Waals surface area (Å²) in [4.78, 5) is 0. The Morgan fingerprint density at radius 1 is 1.07 bits per heavy atom. The van der Waals surface area contributed by atoms with E-state index in [9.17, 15) is 9.50 Å². The van der Waals surface area contributed by atoms with Crippen LogP contribution in [0, 0.1) is 5.82 Å². The number of phenols is 1. The van der Waals surface area contributed by atoms with Crippen LogP contribution in [0.25, 0.3) is 11.1 Å². The maximum absolute atomic E-state index is 13.1. The molecule has 0 radical (unpaired) electrons. The smallest absolute Gasteiger partial charge is 0.127 e. The van der Waals surface area contributed by atoms with Crippen molar-refractivity contribution in [1.29, 1.82) is 0 Å². The third-order valence-electron chi connectivity index (χ3n) is 2.07. The van der Waals surface area contributed by atoms with Gasteiger partial charge in [-0.25, -0.2) is 4.39 Å². The van der Waals surface area contributed by atoms with Crippen molar-refractivity contribution in [2.24, 2.45) is 0 Å². The summed E-state index contributed by atoms with van der Waals surface area (Å²) in [6, 6.07) is 11.5. The highest BCUT2D eigenvalue weighted by Gasteiger charge is 2.05. The van der Waals surface area contributed by atoms with Gasteiger partial charge in [0.25, 0.3) is 0 Å². The minimum atomic E-state index is -0.444. The van der Waals surface area contributed by atoms with E-state index in [-0.39, 0.29) is 5.75 Å². The second-order valence-electron chi connectivity index (χ2n) is 3.18. The summed E-state index contributed by atoms with van der Waals surface area (Å²) in [6.07, 6.45) is 0. The van der Waals surface area contributed by atoms with Gasteiger partial charge in [-0.2, -0.15) is 0 Å². The summed E-state index contributed by atoms with van der Waals surface area (Å²) in [5.41, 5.74) is 1.51. The van der Waals surface area contributed by atoms with Crippen molar-refractivity contribution >= 4 is 15.9 Å². The molecule has 0 aliphatic carbocycles. The van der Waals surface area contributed by atoms with Crippen LogP contribution in [-0.4, -0.2) is 5.11 Å². The molecule has 0 bridgehead atoms. The van der Waals surface area contributed by atoms with E-state index in [1.54, 1.807) is 0 Å². The number of rotatable bonds is 1. The largest absolute Gasteiger partial charge is 0.508 e. The topological polar surface area (TPSA) is 20.2 Å². The number of benzene rings is 2. The van der Waals surface area contributed by atoms with E-state index in [1.807, 2.05) is 24.3 Å². The van der Waals surface area contributed by atoms with Crippen molar-refractivity contribution in [2.75, 3.05) is 0 Å². The second-order valence-corrected chi connectivity index (χ2v) is 4.03. The molecule has 0 atom stereocenters. The molecule has 0 amide bonds. The third kappa shape index (κ3) is 2.18. The van der Waals surface area contributed by atoms with E-state index >= 15 is 0 Å². The van der Waals surface area contributed by atoms with Gasteiger partial charge in [0.1, 0.15) is 11.6 Å². The highest BCUT2D eigenvalue weighted by Crippen LogP contribution is 2.30. The maximum Gasteiger partial charge on any atom is 0.127 e. The molecule has 2 rings (SSSR count). The monoisotopic (exact) mass is 266 g/mol. The Hall–Kier alpha value is -1.35. The highest BCUT2D eigenvalue weighted by molar-refractivity contribution is 9.10. The Balaban J connectivity index is 2.59. The lowest BCUT2D eigenvalue weighted by atomic mass is 10.1. The first-order valence-electron chi connectivity index (χ1n) is 4.41. The number of halogens is 2. The molecule has 15 heavy (non-hydrogen) atoms. The van der Waals surface area contributed by atoms with Gasteiger partial charge in [-0.1, -0.05) is 34.1 Å². The molecule has 0 aliphatic heterocycles. The Kier molecular flexibility index (Phi) is 2.73. The summed E-state index contributed by atoms with van der Waals surface area (Å²) in [5, 5.41) is 9.29. The zero-order chi connectivity index (χ0) is 10.8. The highest BCUT2D eigenvalue weighted by atomic mass is 79.9. The van der Waals surface area contributed by atoms with Gasteiger partial charge < -0.3 is 5.11 Å². The van der Waals surface area contributed by atoms with Crippen LogP contribution in [0.15, 0.2) is 46.9 Å². The molecule has 0 saturated carbocycles. The second kappa shape index (κ2) is 4.03. The van der Waals surface area contributed by atoms with Crippen LogP contribution in [-0.2, 0) is 0 Å². The van der Waals surface area contributed by atoms with Crippen LogP contribution >= 0.6 is 15.9 Å². The summed E-state index contributed by atoms with van der Waals surface area (Å²) >= 11 is 3.38. The molecule has 0 unspecified atom stereocenters. The maximum atomic E-state index is 13.1. The Labute approximate surface area is 95.3 Å². The molecule has 2 aromatic carbocycles. The minimum absolute atomic E-state index is 0.0687. The summed E-state index contributed by atoms with van der Waals surface area (Å²) < 4.78 is 13.9. The van der Waals surface area contributed by atoms with Crippen molar-refractivity contribution in [3.8, 4) is 16.9 Å². The first-order chi connectivity index (χ1) is 7.16. The van der Waals surface area contributed by atoms with Gasteiger partial charge in [0.2, 0.25) is 0 Å². The lowest BCUT2D eigenvalue weighted by Gasteiger charge is -2.05. The van der Waals surface area contributed by atoms with Crippen LogP contribution < -0.4 is 0 Å². The molecule has 1 nitrogen and oxygen atoms in total. The number of hydrogen-bond acceptors (Lipinski definition) is 1. The number of phenolic OH excluding ortho intramolecular Hbond substituents is 1. The first kappa shape index (κ1) is 10.2. The molecular weight excluding hydrogens is 259 g/mol. The lowest BCUT2D eigenvalue weighted by Crippen LogP contribution is -1.82. The van der Waals surface area contributed by atoms with E-state index in [1.165, 1.54) is 12.1 Å². The fraction of sp³-hybridized carbons (Fsp3) is 0. The zero-order valence-electron chi connectivity index (χ0n) is 7.74. The molecule has 0 fully saturated rings. The van der Waals surface area contributed by atoms with E-state index < -0.39 is 5.82 Å².